The lowest BCUT2D eigenvalue weighted by Gasteiger charge is -2.21. The number of carbonyl (C=O) groups excluding carboxylic acids is 2. The van der Waals surface area contributed by atoms with Gasteiger partial charge in [-0.2, -0.15) is 0 Å². The van der Waals surface area contributed by atoms with Crippen molar-refractivity contribution >= 4 is 28.8 Å². The minimum Gasteiger partial charge on any atom is -0.504 e. The van der Waals surface area contributed by atoms with Crippen LogP contribution in [0.25, 0.3) is 17.0 Å². The number of carbonyl (C=O) groups is 2. The Balaban J connectivity index is 1.81. The number of phenols is 2. The van der Waals surface area contributed by atoms with E-state index in [2.05, 4.69) is 10.3 Å². The standard InChI is InChI=1S/C19H14N2O4/c22-15-8-11(13-2-1-5-20-17(13)18(15)24)6-10-3-4-14-12(7-10)9-16(23)21-19(14)25/h1-2,4-8,22,24H,3,9H2,(H,21,23,25). The third-order valence-electron chi connectivity index (χ3n) is 4.31. The average Bonchev–Trinajstić information content (AvgIpc) is 2.59. The zero-order valence-electron chi connectivity index (χ0n) is 13.1. The summed E-state index contributed by atoms with van der Waals surface area (Å²) in [5, 5.41) is 22.9. The van der Waals surface area contributed by atoms with Crippen LogP contribution < -0.4 is 5.32 Å². The van der Waals surface area contributed by atoms with Gasteiger partial charge in [-0.05, 0) is 35.3 Å². The number of nitrogens with zero attached hydrogens (tertiary/aromatic N) is 1. The van der Waals surface area contributed by atoms with Crippen LogP contribution in [-0.2, 0) is 9.59 Å². The van der Waals surface area contributed by atoms with Gasteiger partial charge >= 0.3 is 0 Å². The molecule has 1 aromatic heterocycles. The minimum absolute atomic E-state index is 0.165. The SMILES string of the molecule is O=C1CC2=CC(=Cc3cc(O)c(O)c4ncccc34)CC=C2C(=O)N1. The number of fused-ring (bicyclic) bond motifs is 2. The molecule has 6 heteroatoms. The number of hydrogen-bond donors (Lipinski definition) is 3. The molecular weight excluding hydrogens is 320 g/mol. The largest absolute Gasteiger partial charge is 0.504 e. The van der Waals surface area contributed by atoms with Gasteiger partial charge in [0.25, 0.3) is 5.91 Å². The number of aromatic nitrogens is 1. The van der Waals surface area contributed by atoms with Crippen molar-refractivity contribution < 1.29 is 19.8 Å². The van der Waals surface area contributed by atoms with Crippen LogP contribution in [-0.4, -0.2) is 27.0 Å². The van der Waals surface area contributed by atoms with Gasteiger partial charge < -0.3 is 10.2 Å². The predicted octanol–water partition coefficient (Wildman–Crippen LogP) is 2.33. The molecule has 0 saturated carbocycles. The van der Waals surface area contributed by atoms with Crippen LogP contribution in [0.3, 0.4) is 0 Å². The summed E-state index contributed by atoms with van der Waals surface area (Å²) in [5.74, 6) is -1.17. The Labute approximate surface area is 142 Å². The number of phenolic OH excluding ortho intramolecular Hbond substituents is 2. The second-order valence-electron chi connectivity index (χ2n) is 6.00. The molecule has 124 valence electrons. The van der Waals surface area contributed by atoms with E-state index in [1.54, 1.807) is 18.3 Å². The fourth-order valence-electron chi connectivity index (χ4n) is 3.17. The molecule has 3 N–H and O–H groups in total. The van der Waals surface area contributed by atoms with Gasteiger partial charge in [0.2, 0.25) is 5.91 Å². The Morgan fingerprint density at radius 3 is 2.92 bits per heavy atom. The van der Waals surface area contributed by atoms with Crippen molar-refractivity contribution in [1.82, 2.24) is 10.3 Å². The van der Waals surface area contributed by atoms with Crippen molar-refractivity contribution in [2.45, 2.75) is 12.8 Å². The Bertz CT molecular complexity index is 1030. The molecule has 0 bridgehead atoms. The summed E-state index contributed by atoms with van der Waals surface area (Å²) < 4.78 is 0. The third kappa shape index (κ3) is 2.57. The van der Waals surface area contributed by atoms with E-state index in [-0.39, 0.29) is 29.7 Å². The molecule has 2 amide bonds. The molecule has 1 aliphatic heterocycles. The molecule has 25 heavy (non-hydrogen) atoms. The summed E-state index contributed by atoms with van der Waals surface area (Å²) in [6, 6.07) is 5.04. The molecule has 4 rings (SSSR count). The maximum atomic E-state index is 11.8. The summed E-state index contributed by atoms with van der Waals surface area (Å²) in [4.78, 5) is 27.5. The van der Waals surface area contributed by atoms with Crippen LogP contribution in [0.15, 0.2) is 53.3 Å². The second kappa shape index (κ2) is 5.59. The summed E-state index contributed by atoms with van der Waals surface area (Å²) in [5.41, 5.74) is 3.15. The van der Waals surface area contributed by atoms with E-state index in [4.69, 9.17) is 0 Å². The van der Waals surface area contributed by atoms with Gasteiger partial charge in [-0.1, -0.05) is 24.3 Å². The van der Waals surface area contributed by atoms with Gasteiger partial charge in [0.1, 0.15) is 5.52 Å². The monoisotopic (exact) mass is 334 g/mol. The number of amides is 2. The number of rotatable bonds is 1. The van der Waals surface area contributed by atoms with Gasteiger partial charge in [-0.3, -0.25) is 19.9 Å². The number of aromatic hydroxyl groups is 2. The van der Waals surface area contributed by atoms with Gasteiger partial charge in [0.15, 0.2) is 11.5 Å². The molecule has 2 aromatic rings. The van der Waals surface area contributed by atoms with Crippen molar-refractivity contribution in [1.29, 1.82) is 0 Å². The zero-order chi connectivity index (χ0) is 17.6. The van der Waals surface area contributed by atoms with Crippen molar-refractivity contribution in [3.8, 4) is 11.5 Å². The highest BCUT2D eigenvalue weighted by molar-refractivity contribution is 6.12. The lowest BCUT2D eigenvalue weighted by molar-refractivity contribution is -0.129. The molecule has 0 spiro atoms. The first kappa shape index (κ1) is 15.1. The smallest absolute Gasteiger partial charge is 0.257 e. The van der Waals surface area contributed by atoms with Gasteiger partial charge in [-0.25, -0.2) is 0 Å². The molecule has 0 atom stereocenters. The molecule has 6 nitrogen and oxygen atoms in total. The highest BCUT2D eigenvalue weighted by Crippen LogP contribution is 2.36. The van der Waals surface area contributed by atoms with E-state index in [9.17, 15) is 19.8 Å². The maximum Gasteiger partial charge on any atom is 0.257 e. The normalized spacial score (nSPS) is 18.6. The van der Waals surface area contributed by atoms with E-state index < -0.39 is 0 Å². The minimum atomic E-state index is -0.363. The summed E-state index contributed by atoms with van der Waals surface area (Å²) >= 11 is 0. The van der Waals surface area contributed by atoms with Crippen molar-refractivity contribution in [3.63, 3.8) is 0 Å². The Kier molecular flexibility index (Phi) is 3.39. The van der Waals surface area contributed by atoms with Crippen LogP contribution >= 0.6 is 0 Å². The van der Waals surface area contributed by atoms with Crippen LogP contribution in [0.4, 0.5) is 0 Å². The molecule has 0 radical (unpaired) electrons. The molecule has 1 aliphatic carbocycles. The van der Waals surface area contributed by atoms with Crippen LogP contribution in [0.2, 0.25) is 0 Å². The van der Waals surface area contributed by atoms with E-state index in [1.807, 2.05) is 18.2 Å². The predicted molar refractivity (Wildman–Crippen MR) is 91.6 cm³/mol. The number of imide groups is 1. The fourth-order valence-corrected chi connectivity index (χ4v) is 3.17. The highest BCUT2D eigenvalue weighted by atomic mass is 16.3. The Hall–Kier alpha value is -3.41. The number of piperidine rings is 1. The second-order valence-corrected chi connectivity index (χ2v) is 6.00. The Morgan fingerprint density at radius 2 is 2.08 bits per heavy atom. The summed E-state index contributed by atoms with van der Waals surface area (Å²) in [6.45, 7) is 0. The lowest BCUT2D eigenvalue weighted by Crippen LogP contribution is -2.37. The van der Waals surface area contributed by atoms with Crippen LogP contribution in [0, 0.1) is 0 Å². The van der Waals surface area contributed by atoms with E-state index in [0.717, 1.165) is 5.57 Å². The van der Waals surface area contributed by atoms with Crippen LogP contribution in [0.5, 0.6) is 11.5 Å². The topological polar surface area (TPSA) is 99.5 Å². The van der Waals surface area contributed by atoms with Crippen molar-refractivity contribution in [2.24, 2.45) is 0 Å². The van der Waals surface area contributed by atoms with E-state index in [1.165, 1.54) is 6.07 Å². The van der Waals surface area contributed by atoms with Gasteiger partial charge in [0.05, 0.1) is 6.42 Å². The average molecular weight is 334 g/mol. The quantitative estimate of drug-likeness (QED) is 0.549. The van der Waals surface area contributed by atoms with Gasteiger partial charge in [-0.15, -0.1) is 0 Å². The molecule has 1 saturated heterocycles. The first-order valence-corrected chi connectivity index (χ1v) is 7.78. The molecule has 2 aliphatic rings. The molecule has 1 fully saturated rings. The van der Waals surface area contributed by atoms with Crippen LogP contribution in [0.1, 0.15) is 18.4 Å². The van der Waals surface area contributed by atoms with Crippen molar-refractivity contribution in [3.05, 3.63) is 58.8 Å². The molecule has 1 aromatic carbocycles. The first-order chi connectivity index (χ1) is 12.0. The maximum absolute atomic E-state index is 11.8. The Morgan fingerprint density at radius 1 is 1.24 bits per heavy atom. The van der Waals surface area contributed by atoms with E-state index >= 15 is 0 Å². The lowest BCUT2D eigenvalue weighted by atomic mass is 9.88. The fraction of sp³-hybridized carbons (Fsp3) is 0.105. The van der Waals surface area contributed by atoms with E-state index in [0.29, 0.717) is 34.0 Å². The highest BCUT2D eigenvalue weighted by Gasteiger charge is 2.26. The van der Waals surface area contributed by atoms with Crippen molar-refractivity contribution in [2.75, 3.05) is 0 Å². The number of hydrogen-bond acceptors (Lipinski definition) is 5. The summed E-state index contributed by atoms with van der Waals surface area (Å²) in [7, 11) is 0. The first-order valence-electron chi connectivity index (χ1n) is 7.78. The molecule has 2 heterocycles. The zero-order valence-corrected chi connectivity index (χ0v) is 13.1. The van der Waals surface area contributed by atoms with Gasteiger partial charge in [0, 0.05) is 17.2 Å². The number of nitrogens with one attached hydrogen (secondary N) is 1. The number of allylic oxidation sites excluding steroid dienone is 3. The number of pyridine rings is 1. The molecular formula is C19H14N2O4. The number of benzene rings is 1. The molecule has 0 unspecified atom stereocenters. The third-order valence-corrected chi connectivity index (χ3v) is 4.31. The summed E-state index contributed by atoms with van der Waals surface area (Å²) in [6.07, 6.45) is 7.73.